The van der Waals surface area contributed by atoms with Crippen molar-refractivity contribution in [2.45, 2.75) is 6.54 Å². The molecule has 2 aromatic carbocycles. The summed E-state index contributed by atoms with van der Waals surface area (Å²) in [6.07, 6.45) is 0. The van der Waals surface area contributed by atoms with Crippen molar-refractivity contribution in [3.63, 3.8) is 0 Å². The molecule has 1 saturated heterocycles. The van der Waals surface area contributed by atoms with Crippen molar-refractivity contribution in [1.29, 1.82) is 0 Å². The molecule has 0 bridgehead atoms. The number of benzene rings is 2. The molecule has 180 valence electrons. The van der Waals surface area contributed by atoms with E-state index in [9.17, 15) is 0 Å². The number of nitrogens with zero attached hydrogens (tertiary/aromatic N) is 5. The van der Waals surface area contributed by atoms with E-state index in [1.165, 1.54) is 12.1 Å². The van der Waals surface area contributed by atoms with Crippen LogP contribution < -0.4 is 4.74 Å². The van der Waals surface area contributed by atoms with Crippen LogP contribution in [-0.2, 0) is 6.54 Å². The average molecular weight is 571 g/mol. The van der Waals surface area contributed by atoms with E-state index in [-0.39, 0.29) is 3.57 Å². The van der Waals surface area contributed by atoms with Crippen LogP contribution in [0.2, 0.25) is 0 Å². The molecule has 0 saturated carbocycles. The number of rotatable bonds is 5. The number of ether oxygens (including phenoxy) is 1. The van der Waals surface area contributed by atoms with Gasteiger partial charge in [0.2, 0.25) is 0 Å². The van der Waals surface area contributed by atoms with Crippen molar-refractivity contribution in [3.05, 3.63) is 73.1 Å². The van der Waals surface area contributed by atoms with Gasteiger partial charge >= 0.3 is 203 Å². The second kappa shape index (κ2) is 10.6. The Labute approximate surface area is 202 Å². The van der Waals surface area contributed by atoms with Crippen LogP contribution in [0.3, 0.4) is 0 Å². The van der Waals surface area contributed by atoms with E-state index < -0.39 is 31.5 Å². The molecule has 0 amide bonds. The predicted octanol–water partition coefficient (Wildman–Crippen LogP) is 4.13. The van der Waals surface area contributed by atoms with E-state index in [0.29, 0.717) is 25.4 Å². The van der Waals surface area contributed by atoms with Gasteiger partial charge in [-0.3, -0.25) is 0 Å². The van der Waals surface area contributed by atoms with E-state index >= 15 is 8.78 Å². The first-order valence-electron chi connectivity index (χ1n) is 10.4. The van der Waals surface area contributed by atoms with Gasteiger partial charge in [0.25, 0.3) is 0 Å². The Morgan fingerprint density at radius 3 is 2.15 bits per heavy atom. The first-order chi connectivity index (χ1) is 15.7. The summed E-state index contributed by atoms with van der Waals surface area (Å²) in [5.41, 5.74) is 0.569. The molecule has 0 radical (unpaired) electrons. The van der Waals surface area contributed by atoms with Crippen LogP contribution in [0.25, 0.3) is 0 Å². The maximum absolute atomic E-state index is 15.1. The SMILES string of the molecule is C=C1N(C)CN(C(=NC)N(C)Cc2cc(F)c(I(C)c3ccc(OC)cc3)c(F)c2)CN1C. The molecule has 0 unspecified atom stereocenters. The van der Waals surface area contributed by atoms with Crippen molar-refractivity contribution in [1.82, 2.24) is 19.6 Å². The van der Waals surface area contributed by atoms with Crippen LogP contribution in [0.1, 0.15) is 5.56 Å². The van der Waals surface area contributed by atoms with E-state index in [4.69, 9.17) is 4.74 Å². The van der Waals surface area contributed by atoms with Gasteiger partial charge in [-0.1, -0.05) is 0 Å². The van der Waals surface area contributed by atoms with E-state index in [0.717, 1.165) is 21.1 Å². The molecule has 1 fully saturated rings. The third-order valence-corrected chi connectivity index (χ3v) is 10.8. The number of hydrogen-bond acceptors (Lipinski definition) is 4. The van der Waals surface area contributed by atoms with E-state index in [1.54, 1.807) is 14.2 Å². The van der Waals surface area contributed by atoms with E-state index in [2.05, 4.69) is 16.5 Å². The molecular weight excluding hydrogens is 539 g/mol. The summed E-state index contributed by atoms with van der Waals surface area (Å²) in [6.45, 7) is 5.67. The number of hydrogen-bond donors (Lipinski definition) is 0. The van der Waals surface area contributed by atoms with Crippen LogP contribution in [0.15, 0.2) is 53.8 Å². The summed E-state index contributed by atoms with van der Waals surface area (Å²) in [4.78, 5) is 14.5. The molecular formula is C24H32F2IN5O. The van der Waals surface area contributed by atoms with Crippen molar-refractivity contribution in [2.24, 2.45) is 4.99 Å². The number of alkyl halides is 1. The maximum atomic E-state index is 15.1. The summed E-state index contributed by atoms with van der Waals surface area (Å²) in [7, 11) is 9.14. The normalized spacial score (nSPS) is 15.2. The van der Waals surface area contributed by atoms with Crippen LogP contribution in [0.5, 0.6) is 5.75 Å². The van der Waals surface area contributed by atoms with Crippen LogP contribution >= 0.6 is 19.8 Å². The Morgan fingerprint density at radius 2 is 1.67 bits per heavy atom. The van der Waals surface area contributed by atoms with Gasteiger partial charge in [0.15, 0.2) is 0 Å². The van der Waals surface area contributed by atoms with Crippen molar-refractivity contribution >= 4 is 25.8 Å². The van der Waals surface area contributed by atoms with Crippen LogP contribution in [-0.4, -0.2) is 79.1 Å². The zero-order chi connectivity index (χ0) is 24.3. The molecule has 2 aromatic rings. The topological polar surface area (TPSA) is 34.5 Å². The summed E-state index contributed by atoms with van der Waals surface area (Å²) in [5, 5.41) is 0. The Bertz CT molecular complexity index is 993. The molecule has 1 heterocycles. The molecule has 1 aliphatic rings. The molecule has 33 heavy (non-hydrogen) atoms. The molecule has 0 spiro atoms. The van der Waals surface area contributed by atoms with Gasteiger partial charge in [-0.15, -0.1) is 0 Å². The third-order valence-electron chi connectivity index (χ3n) is 5.59. The summed E-state index contributed by atoms with van der Waals surface area (Å²) < 4.78 is 36.6. The Morgan fingerprint density at radius 1 is 1.12 bits per heavy atom. The first-order valence-corrected chi connectivity index (χ1v) is 14.7. The van der Waals surface area contributed by atoms with Crippen molar-refractivity contribution < 1.29 is 13.5 Å². The number of aliphatic imine (C=N–C) groups is 1. The molecule has 9 heteroatoms. The molecule has 3 rings (SSSR count). The zero-order valence-corrected chi connectivity index (χ0v) is 22.2. The van der Waals surface area contributed by atoms with Gasteiger partial charge in [0, 0.05) is 0 Å². The fourth-order valence-corrected chi connectivity index (χ4v) is 7.79. The fourth-order valence-electron chi connectivity index (χ4n) is 3.88. The Balaban J connectivity index is 1.78. The van der Waals surface area contributed by atoms with Gasteiger partial charge in [-0.25, -0.2) is 0 Å². The van der Waals surface area contributed by atoms with Crippen LogP contribution in [0, 0.1) is 18.8 Å². The van der Waals surface area contributed by atoms with E-state index in [1.807, 2.05) is 65.0 Å². The molecule has 0 N–H and O–H groups in total. The molecule has 0 atom stereocenters. The molecule has 6 nitrogen and oxygen atoms in total. The quantitative estimate of drug-likeness (QED) is 0.177. The standard InChI is InChI=1S/C24H32F2IN5O/c1-17-30(5)15-32(16-31(17)6)24(28-3)29(4)14-18-12-21(25)23(22(26)13-18)27(2)19-8-10-20(33-7)11-9-19/h8-13H,1,14-16H2,2-7H3. The molecule has 0 aliphatic carbocycles. The zero-order valence-electron chi connectivity index (χ0n) is 20.1. The summed E-state index contributed by atoms with van der Waals surface area (Å²) in [6, 6.07) is 10.4. The number of methoxy groups -OCH3 is 1. The second-order valence-electron chi connectivity index (χ2n) is 8.02. The van der Waals surface area contributed by atoms with Gasteiger partial charge < -0.3 is 0 Å². The molecule has 0 aromatic heterocycles. The minimum absolute atomic E-state index is 0.220. The first kappa shape index (κ1) is 25.1. The monoisotopic (exact) mass is 571 g/mol. The van der Waals surface area contributed by atoms with Gasteiger partial charge in [0.05, 0.1) is 0 Å². The summed E-state index contributed by atoms with van der Waals surface area (Å²) >= 11 is -2.23. The van der Waals surface area contributed by atoms with Gasteiger partial charge in [0.1, 0.15) is 0 Å². The Hall–Kier alpha value is -2.56. The fraction of sp³-hybridized carbons (Fsp3) is 0.375. The minimum atomic E-state index is -2.23. The van der Waals surface area contributed by atoms with Gasteiger partial charge in [-0.2, -0.15) is 0 Å². The second-order valence-corrected chi connectivity index (χ2v) is 13.0. The van der Waals surface area contributed by atoms with Crippen molar-refractivity contribution in [2.75, 3.05) is 53.6 Å². The third kappa shape index (κ3) is 5.51. The van der Waals surface area contributed by atoms with Crippen LogP contribution in [0.4, 0.5) is 8.78 Å². The predicted molar refractivity (Wildman–Crippen MR) is 138 cm³/mol. The van der Waals surface area contributed by atoms with Gasteiger partial charge in [-0.05, 0) is 0 Å². The Kier molecular flexibility index (Phi) is 8.04. The van der Waals surface area contributed by atoms with Crippen molar-refractivity contribution in [3.8, 4) is 5.75 Å². The number of halogens is 3. The molecule has 1 aliphatic heterocycles. The number of guanidine groups is 1. The average Bonchev–Trinajstić information content (AvgIpc) is 2.77. The summed E-state index contributed by atoms with van der Waals surface area (Å²) in [5.74, 6) is 1.44.